The maximum absolute atomic E-state index is 14.8. The number of ether oxygens (including phenoxy) is 1. The van der Waals surface area contributed by atoms with Gasteiger partial charge in [0, 0.05) is 24.7 Å². The Hall–Kier alpha value is -4.57. The van der Waals surface area contributed by atoms with E-state index < -0.39 is 21.5 Å². The van der Waals surface area contributed by atoms with Crippen molar-refractivity contribution in [2.75, 3.05) is 25.1 Å². The lowest BCUT2D eigenvalue weighted by atomic mass is 9.99. The van der Waals surface area contributed by atoms with Crippen molar-refractivity contribution in [3.05, 3.63) is 94.0 Å². The van der Waals surface area contributed by atoms with Gasteiger partial charge < -0.3 is 15.4 Å². The van der Waals surface area contributed by atoms with Crippen molar-refractivity contribution in [1.82, 2.24) is 9.55 Å². The molecule has 0 bridgehead atoms. The number of hydrogen-bond donors (Lipinski definition) is 2. The Morgan fingerprint density at radius 3 is 2.40 bits per heavy atom. The van der Waals surface area contributed by atoms with Crippen LogP contribution in [0.1, 0.15) is 24.0 Å². The zero-order valence-corrected chi connectivity index (χ0v) is 23.5. The molecule has 216 valence electrons. The minimum Gasteiger partial charge on any atom is -0.497 e. The number of halogens is 1. The lowest BCUT2D eigenvalue weighted by Crippen LogP contribution is -2.43. The molecule has 0 aliphatic carbocycles. The van der Waals surface area contributed by atoms with Gasteiger partial charge in [0.05, 0.1) is 35.4 Å². The second kappa shape index (κ2) is 11.7. The summed E-state index contributed by atoms with van der Waals surface area (Å²) in [4.78, 5) is 21.0. The summed E-state index contributed by atoms with van der Waals surface area (Å²) in [5.74, 6) is 0.136. The molecule has 42 heavy (non-hydrogen) atoms. The molecule has 0 radical (unpaired) electrons. The summed E-state index contributed by atoms with van der Waals surface area (Å²) < 4.78 is 54.8. The molecule has 1 aliphatic heterocycles. The number of methoxy groups -OCH3 is 1. The van der Waals surface area contributed by atoms with Gasteiger partial charge >= 0.3 is 0 Å². The molecular weight excluding hydrogens is 561 g/mol. The third-order valence-corrected chi connectivity index (χ3v) is 8.10. The first kappa shape index (κ1) is 28.9. The number of benzene rings is 3. The van der Waals surface area contributed by atoms with Crippen molar-refractivity contribution in [3.8, 4) is 34.2 Å². The van der Waals surface area contributed by atoms with Crippen molar-refractivity contribution >= 4 is 16.1 Å². The van der Waals surface area contributed by atoms with Gasteiger partial charge in [0.25, 0.3) is 15.7 Å². The molecule has 1 aliphatic rings. The Balaban J connectivity index is 1.78. The van der Waals surface area contributed by atoms with Crippen LogP contribution in [-0.2, 0) is 16.7 Å². The lowest BCUT2D eigenvalue weighted by Gasteiger charge is -2.33. The van der Waals surface area contributed by atoms with Crippen LogP contribution in [0.3, 0.4) is 0 Å². The van der Waals surface area contributed by atoms with Crippen molar-refractivity contribution in [2.45, 2.75) is 30.3 Å². The number of nitriles is 1. The normalized spacial score (nSPS) is 14.0. The summed E-state index contributed by atoms with van der Waals surface area (Å²) in [6.45, 7) is 0.974. The molecule has 1 saturated heterocycles. The van der Waals surface area contributed by atoms with Crippen molar-refractivity contribution in [3.63, 3.8) is 0 Å². The molecule has 0 atom stereocenters. The Morgan fingerprint density at radius 2 is 1.79 bits per heavy atom. The molecule has 3 N–H and O–H groups in total. The van der Waals surface area contributed by atoms with E-state index in [4.69, 9.17) is 15.5 Å². The Bertz CT molecular complexity index is 1840. The molecule has 0 unspecified atom stereocenters. The number of nitrogens with two attached hydrogens (primary N) is 1. The number of piperidine rings is 1. The van der Waals surface area contributed by atoms with E-state index in [0.29, 0.717) is 54.3 Å². The van der Waals surface area contributed by atoms with Gasteiger partial charge in [0.1, 0.15) is 17.6 Å². The average molecular weight is 590 g/mol. The summed E-state index contributed by atoms with van der Waals surface area (Å²) in [6, 6.07) is 18.4. The summed E-state index contributed by atoms with van der Waals surface area (Å²) in [5.41, 5.74) is 7.22. The predicted molar refractivity (Wildman–Crippen MR) is 155 cm³/mol. The maximum Gasteiger partial charge on any atom is 0.294 e. The van der Waals surface area contributed by atoms with Crippen LogP contribution in [0, 0.1) is 17.1 Å². The second-order valence-corrected chi connectivity index (χ2v) is 11.4. The van der Waals surface area contributed by atoms with E-state index in [1.165, 1.54) is 42.0 Å². The molecule has 10 nitrogen and oxygen atoms in total. The van der Waals surface area contributed by atoms with Gasteiger partial charge in [0.15, 0.2) is 0 Å². The highest BCUT2D eigenvalue weighted by Crippen LogP contribution is 2.33. The van der Waals surface area contributed by atoms with Crippen LogP contribution in [0.5, 0.6) is 5.75 Å². The van der Waals surface area contributed by atoms with E-state index in [1.54, 1.807) is 36.4 Å². The molecule has 2 heterocycles. The average Bonchev–Trinajstić information content (AvgIpc) is 2.98. The summed E-state index contributed by atoms with van der Waals surface area (Å²) >= 11 is 0. The highest BCUT2D eigenvalue weighted by molar-refractivity contribution is 7.85. The summed E-state index contributed by atoms with van der Waals surface area (Å²) in [7, 11) is -2.95. The molecule has 12 heteroatoms. The SMILES string of the molecule is COc1ccc(-c2c(-c3ccc(C#N)c(F)c3)nc(N3CCC(N)CC3)n(Cc3cccc(S(=O)(=O)O)c3)c2=O)cc1. The first-order chi connectivity index (χ1) is 20.1. The van der Waals surface area contributed by atoms with Gasteiger partial charge in [0.2, 0.25) is 5.95 Å². The Labute approximate surface area is 242 Å². The van der Waals surface area contributed by atoms with E-state index in [-0.39, 0.29) is 34.3 Å². The maximum atomic E-state index is 14.8. The van der Waals surface area contributed by atoms with Gasteiger partial charge in [-0.05, 0) is 60.4 Å². The fourth-order valence-corrected chi connectivity index (χ4v) is 5.54. The highest BCUT2D eigenvalue weighted by atomic mass is 32.2. The van der Waals surface area contributed by atoms with Crippen LogP contribution in [0.15, 0.2) is 76.4 Å². The van der Waals surface area contributed by atoms with Crippen molar-refractivity contribution < 1.29 is 22.1 Å². The highest BCUT2D eigenvalue weighted by Gasteiger charge is 2.26. The number of aromatic nitrogens is 2. The lowest BCUT2D eigenvalue weighted by molar-refractivity contribution is 0.415. The topological polar surface area (TPSA) is 152 Å². The van der Waals surface area contributed by atoms with Crippen LogP contribution in [-0.4, -0.2) is 48.8 Å². The molecule has 0 saturated carbocycles. The first-order valence-electron chi connectivity index (χ1n) is 13.1. The summed E-state index contributed by atoms with van der Waals surface area (Å²) in [5, 5.41) is 9.25. The monoisotopic (exact) mass is 589 g/mol. The predicted octanol–water partition coefficient (Wildman–Crippen LogP) is 3.82. The number of rotatable bonds is 7. The van der Waals surface area contributed by atoms with Crippen LogP contribution in [0.4, 0.5) is 10.3 Å². The molecule has 5 rings (SSSR count). The number of anilines is 1. The van der Waals surface area contributed by atoms with Gasteiger partial charge in [-0.3, -0.25) is 13.9 Å². The van der Waals surface area contributed by atoms with Crippen molar-refractivity contribution in [1.29, 1.82) is 5.26 Å². The van der Waals surface area contributed by atoms with E-state index in [2.05, 4.69) is 0 Å². The molecule has 4 aromatic rings. The fraction of sp³-hybridized carbons (Fsp3) is 0.233. The van der Waals surface area contributed by atoms with E-state index in [0.717, 1.165) is 0 Å². The second-order valence-electron chi connectivity index (χ2n) is 10.0. The van der Waals surface area contributed by atoms with Crippen molar-refractivity contribution in [2.24, 2.45) is 5.73 Å². The smallest absolute Gasteiger partial charge is 0.294 e. The van der Waals surface area contributed by atoms with Crippen LogP contribution >= 0.6 is 0 Å². The third-order valence-electron chi connectivity index (χ3n) is 7.25. The Morgan fingerprint density at radius 1 is 1.10 bits per heavy atom. The third kappa shape index (κ3) is 5.89. The van der Waals surface area contributed by atoms with E-state index in [1.807, 2.05) is 11.0 Å². The number of hydrogen-bond acceptors (Lipinski definition) is 8. The molecule has 0 amide bonds. The largest absolute Gasteiger partial charge is 0.497 e. The molecule has 0 spiro atoms. The van der Waals surface area contributed by atoms with Crippen LogP contribution < -0.4 is 20.9 Å². The fourth-order valence-electron chi connectivity index (χ4n) is 4.99. The van der Waals surface area contributed by atoms with E-state index >= 15 is 0 Å². The van der Waals surface area contributed by atoms with Gasteiger partial charge in [-0.15, -0.1) is 0 Å². The van der Waals surface area contributed by atoms with Gasteiger partial charge in [-0.2, -0.15) is 13.7 Å². The quantitative estimate of drug-likeness (QED) is 0.307. The van der Waals surface area contributed by atoms with Gasteiger partial charge in [-0.25, -0.2) is 9.37 Å². The molecule has 3 aromatic carbocycles. The summed E-state index contributed by atoms with van der Waals surface area (Å²) in [6.07, 6.45) is 1.32. The molecular formula is C30H28FN5O5S. The van der Waals surface area contributed by atoms with Crippen LogP contribution in [0.25, 0.3) is 22.4 Å². The minimum absolute atomic E-state index is 0.00136. The standard InChI is InChI=1S/C30H28FN5O5S/c1-41-24-9-7-20(8-10-24)27-28(21-5-6-22(17-32)26(31)16-21)34-30(35-13-11-23(33)12-14-35)36(29(27)37)18-19-3-2-4-25(15-19)42(38,39)40/h2-10,15-16,23H,11-14,18,33H2,1H3,(H,38,39,40). The number of nitrogens with zero attached hydrogens (tertiary/aromatic N) is 4. The van der Waals surface area contributed by atoms with E-state index in [9.17, 15) is 27.4 Å². The Kier molecular flexibility index (Phi) is 8.08. The van der Waals surface area contributed by atoms with Crippen LogP contribution in [0.2, 0.25) is 0 Å². The zero-order chi connectivity index (χ0) is 30.0. The van der Waals surface area contributed by atoms with Gasteiger partial charge in [-0.1, -0.05) is 30.3 Å². The first-order valence-corrected chi connectivity index (χ1v) is 14.6. The molecule has 1 aromatic heterocycles. The zero-order valence-electron chi connectivity index (χ0n) is 22.7. The molecule has 1 fully saturated rings. The minimum atomic E-state index is -4.47.